The maximum absolute atomic E-state index is 4.22. The first kappa shape index (κ1) is 12.8. The molecule has 2 aromatic rings. The molecule has 1 aromatic heterocycles. The van der Waals surface area contributed by atoms with Crippen molar-refractivity contribution in [2.75, 3.05) is 6.54 Å². The lowest BCUT2D eigenvalue weighted by Gasteiger charge is -2.19. The van der Waals surface area contributed by atoms with E-state index < -0.39 is 0 Å². The smallest absolute Gasteiger partial charge is 0.0946 e. The van der Waals surface area contributed by atoms with Gasteiger partial charge in [0.2, 0.25) is 0 Å². The standard InChI is InChI=1S/C15H21N3/c1-4-12-7-6-8-13(9-12)15(17-5-2)14-10-16-11-18(14)3/h6-11,15,17H,4-5H2,1-3H3. The zero-order valence-electron chi connectivity index (χ0n) is 11.4. The molecule has 18 heavy (non-hydrogen) atoms. The van der Waals surface area contributed by atoms with Gasteiger partial charge in [0.05, 0.1) is 24.3 Å². The van der Waals surface area contributed by atoms with Crippen LogP contribution in [0.2, 0.25) is 0 Å². The van der Waals surface area contributed by atoms with Gasteiger partial charge < -0.3 is 9.88 Å². The summed E-state index contributed by atoms with van der Waals surface area (Å²) in [4.78, 5) is 4.22. The Kier molecular flexibility index (Phi) is 4.15. The molecule has 0 bridgehead atoms. The Labute approximate surface area is 109 Å². The first-order valence-corrected chi connectivity index (χ1v) is 6.54. The van der Waals surface area contributed by atoms with Crippen molar-refractivity contribution < 1.29 is 0 Å². The molecule has 1 unspecified atom stereocenters. The lowest BCUT2D eigenvalue weighted by atomic mass is 10.0. The SMILES string of the molecule is CCNC(c1cccc(CC)c1)c1cncn1C. The average Bonchev–Trinajstić information content (AvgIpc) is 2.82. The van der Waals surface area contributed by atoms with E-state index >= 15 is 0 Å². The van der Waals surface area contributed by atoms with Gasteiger partial charge in [0, 0.05) is 7.05 Å². The normalized spacial score (nSPS) is 12.6. The molecule has 1 aromatic carbocycles. The van der Waals surface area contributed by atoms with E-state index in [4.69, 9.17) is 0 Å². The molecule has 0 amide bonds. The van der Waals surface area contributed by atoms with Gasteiger partial charge in [-0.3, -0.25) is 0 Å². The molecule has 0 fully saturated rings. The van der Waals surface area contributed by atoms with Crippen LogP contribution in [0, 0.1) is 0 Å². The average molecular weight is 243 g/mol. The van der Waals surface area contributed by atoms with E-state index in [1.54, 1.807) is 0 Å². The van der Waals surface area contributed by atoms with Crippen molar-refractivity contribution in [2.24, 2.45) is 7.05 Å². The predicted octanol–water partition coefficient (Wildman–Crippen LogP) is 2.68. The number of nitrogens with zero attached hydrogens (tertiary/aromatic N) is 2. The first-order chi connectivity index (χ1) is 8.76. The fourth-order valence-corrected chi connectivity index (χ4v) is 2.24. The van der Waals surface area contributed by atoms with E-state index in [-0.39, 0.29) is 6.04 Å². The van der Waals surface area contributed by atoms with Crippen LogP contribution in [0.5, 0.6) is 0 Å². The van der Waals surface area contributed by atoms with Crippen molar-refractivity contribution in [3.8, 4) is 0 Å². The summed E-state index contributed by atoms with van der Waals surface area (Å²) in [6, 6.07) is 8.98. The summed E-state index contributed by atoms with van der Waals surface area (Å²) in [7, 11) is 2.04. The Morgan fingerprint density at radius 2 is 2.17 bits per heavy atom. The van der Waals surface area contributed by atoms with E-state index in [1.165, 1.54) is 16.8 Å². The van der Waals surface area contributed by atoms with Gasteiger partial charge in [-0.1, -0.05) is 38.1 Å². The Balaban J connectivity index is 2.38. The van der Waals surface area contributed by atoms with Crippen molar-refractivity contribution in [3.63, 3.8) is 0 Å². The molecule has 3 nitrogen and oxygen atoms in total. The number of aromatic nitrogens is 2. The molecular weight excluding hydrogens is 222 g/mol. The highest BCUT2D eigenvalue weighted by Crippen LogP contribution is 2.22. The number of hydrogen-bond acceptors (Lipinski definition) is 2. The third kappa shape index (κ3) is 2.62. The van der Waals surface area contributed by atoms with Gasteiger partial charge in [-0.05, 0) is 24.1 Å². The van der Waals surface area contributed by atoms with Crippen LogP contribution in [-0.2, 0) is 13.5 Å². The summed E-state index contributed by atoms with van der Waals surface area (Å²) in [5.41, 5.74) is 3.88. The molecule has 1 atom stereocenters. The second kappa shape index (κ2) is 5.83. The van der Waals surface area contributed by atoms with Gasteiger partial charge >= 0.3 is 0 Å². The fourth-order valence-electron chi connectivity index (χ4n) is 2.24. The topological polar surface area (TPSA) is 29.9 Å². The monoisotopic (exact) mass is 243 g/mol. The minimum Gasteiger partial charge on any atom is -0.336 e. The Morgan fingerprint density at radius 3 is 2.78 bits per heavy atom. The maximum atomic E-state index is 4.22. The molecule has 0 aliphatic rings. The second-order valence-corrected chi connectivity index (χ2v) is 4.52. The molecule has 0 aliphatic carbocycles. The highest BCUT2D eigenvalue weighted by atomic mass is 15.1. The Hall–Kier alpha value is -1.61. The summed E-state index contributed by atoms with van der Waals surface area (Å²) in [5.74, 6) is 0. The number of nitrogens with one attached hydrogen (secondary N) is 1. The van der Waals surface area contributed by atoms with Crippen LogP contribution in [-0.4, -0.2) is 16.1 Å². The molecule has 2 rings (SSSR count). The van der Waals surface area contributed by atoms with Gasteiger partial charge in [-0.15, -0.1) is 0 Å². The quantitative estimate of drug-likeness (QED) is 0.875. The van der Waals surface area contributed by atoms with Gasteiger partial charge in [0.15, 0.2) is 0 Å². The summed E-state index contributed by atoms with van der Waals surface area (Å²) < 4.78 is 2.08. The van der Waals surface area contributed by atoms with Gasteiger partial charge in [-0.2, -0.15) is 0 Å². The van der Waals surface area contributed by atoms with Crippen LogP contribution in [0.15, 0.2) is 36.8 Å². The molecule has 1 heterocycles. The molecular formula is C15H21N3. The Morgan fingerprint density at radius 1 is 1.33 bits per heavy atom. The van der Waals surface area contributed by atoms with Crippen LogP contribution >= 0.6 is 0 Å². The van der Waals surface area contributed by atoms with Crippen molar-refractivity contribution >= 4 is 0 Å². The van der Waals surface area contributed by atoms with E-state index in [1.807, 2.05) is 19.6 Å². The maximum Gasteiger partial charge on any atom is 0.0946 e. The number of benzene rings is 1. The van der Waals surface area contributed by atoms with Gasteiger partial charge in [0.25, 0.3) is 0 Å². The van der Waals surface area contributed by atoms with Gasteiger partial charge in [-0.25, -0.2) is 4.98 Å². The van der Waals surface area contributed by atoms with Crippen molar-refractivity contribution in [1.82, 2.24) is 14.9 Å². The first-order valence-electron chi connectivity index (χ1n) is 6.54. The molecule has 96 valence electrons. The largest absolute Gasteiger partial charge is 0.336 e. The minimum absolute atomic E-state index is 0.217. The molecule has 0 aliphatic heterocycles. The van der Waals surface area contributed by atoms with E-state index in [0.717, 1.165) is 13.0 Å². The third-order valence-electron chi connectivity index (χ3n) is 3.25. The zero-order chi connectivity index (χ0) is 13.0. The zero-order valence-corrected chi connectivity index (χ0v) is 11.4. The molecule has 1 N–H and O–H groups in total. The Bertz CT molecular complexity index is 502. The minimum atomic E-state index is 0.217. The van der Waals surface area contributed by atoms with Crippen LogP contribution in [0.1, 0.15) is 36.7 Å². The summed E-state index contributed by atoms with van der Waals surface area (Å²) in [5, 5.41) is 3.53. The molecule has 0 spiro atoms. The molecule has 0 saturated heterocycles. The van der Waals surface area contributed by atoms with Crippen molar-refractivity contribution in [3.05, 3.63) is 53.6 Å². The van der Waals surface area contributed by atoms with Crippen molar-refractivity contribution in [1.29, 1.82) is 0 Å². The van der Waals surface area contributed by atoms with Crippen LogP contribution < -0.4 is 5.32 Å². The highest BCUT2D eigenvalue weighted by Gasteiger charge is 2.16. The van der Waals surface area contributed by atoms with E-state index in [0.29, 0.717) is 0 Å². The fraction of sp³-hybridized carbons (Fsp3) is 0.400. The van der Waals surface area contributed by atoms with E-state index in [2.05, 4.69) is 53.0 Å². The lowest BCUT2D eigenvalue weighted by Crippen LogP contribution is -2.24. The van der Waals surface area contributed by atoms with Crippen LogP contribution in [0.3, 0.4) is 0 Å². The summed E-state index contributed by atoms with van der Waals surface area (Å²) >= 11 is 0. The van der Waals surface area contributed by atoms with Crippen LogP contribution in [0.4, 0.5) is 0 Å². The predicted molar refractivity (Wildman–Crippen MR) is 74.5 cm³/mol. The summed E-state index contributed by atoms with van der Waals surface area (Å²) in [6.07, 6.45) is 4.85. The second-order valence-electron chi connectivity index (χ2n) is 4.52. The highest BCUT2D eigenvalue weighted by molar-refractivity contribution is 5.31. The summed E-state index contributed by atoms with van der Waals surface area (Å²) in [6.45, 7) is 5.25. The number of imidazole rings is 1. The number of aryl methyl sites for hydroxylation is 2. The van der Waals surface area contributed by atoms with E-state index in [9.17, 15) is 0 Å². The van der Waals surface area contributed by atoms with Crippen LogP contribution in [0.25, 0.3) is 0 Å². The molecule has 0 saturated carbocycles. The molecule has 0 radical (unpaired) electrons. The number of hydrogen-bond donors (Lipinski definition) is 1. The van der Waals surface area contributed by atoms with Gasteiger partial charge in [0.1, 0.15) is 0 Å². The molecule has 3 heteroatoms. The third-order valence-corrected chi connectivity index (χ3v) is 3.25. The van der Waals surface area contributed by atoms with Crippen molar-refractivity contribution in [2.45, 2.75) is 26.3 Å². The lowest BCUT2D eigenvalue weighted by molar-refractivity contribution is 0.593. The number of rotatable bonds is 5.